The Bertz CT molecular complexity index is 654. The number of ether oxygens (including phenoxy) is 1. The molecule has 3 rings (SSSR count). The molecule has 2 aromatic rings. The third kappa shape index (κ3) is 2.92. The summed E-state index contributed by atoms with van der Waals surface area (Å²) in [5, 5.41) is 4.37. The van der Waals surface area contributed by atoms with Crippen LogP contribution in [0.2, 0.25) is 5.02 Å². The number of aryl methyl sites for hydroxylation is 1. The summed E-state index contributed by atoms with van der Waals surface area (Å²) in [6.45, 7) is 5.85. The van der Waals surface area contributed by atoms with Gasteiger partial charge in [0.15, 0.2) is 0 Å². The van der Waals surface area contributed by atoms with E-state index >= 15 is 0 Å². The number of hydrogen-bond acceptors (Lipinski definition) is 2. The summed E-state index contributed by atoms with van der Waals surface area (Å²) in [6.07, 6.45) is 0.997. The van der Waals surface area contributed by atoms with Gasteiger partial charge in [0.1, 0.15) is 5.75 Å². The van der Waals surface area contributed by atoms with Crippen LogP contribution in [0, 0.1) is 6.92 Å². The second kappa shape index (κ2) is 6.08. The molecule has 1 atom stereocenters. The van der Waals surface area contributed by atoms with Crippen LogP contribution in [0.3, 0.4) is 0 Å². The molecule has 0 saturated carbocycles. The minimum atomic E-state index is 0.166. The van der Waals surface area contributed by atoms with Crippen LogP contribution < -0.4 is 10.1 Å². The van der Waals surface area contributed by atoms with Crippen molar-refractivity contribution in [1.29, 1.82) is 0 Å². The van der Waals surface area contributed by atoms with Crippen LogP contribution in [0.25, 0.3) is 0 Å². The molecule has 1 N–H and O–H groups in total. The Kier molecular flexibility index (Phi) is 4.18. The van der Waals surface area contributed by atoms with E-state index in [2.05, 4.69) is 48.6 Å². The Balaban J connectivity index is 1.99. The molecule has 1 aliphatic rings. The minimum Gasteiger partial charge on any atom is -0.493 e. The molecule has 21 heavy (non-hydrogen) atoms. The quantitative estimate of drug-likeness (QED) is 0.910. The zero-order valence-electron chi connectivity index (χ0n) is 12.4. The zero-order chi connectivity index (χ0) is 14.8. The van der Waals surface area contributed by atoms with Gasteiger partial charge in [-0.2, -0.15) is 0 Å². The van der Waals surface area contributed by atoms with Crippen LogP contribution in [-0.2, 0) is 6.42 Å². The first-order valence-corrected chi connectivity index (χ1v) is 7.82. The average Bonchev–Trinajstić information content (AvgIpc) is 2.95. The van der Waals surface area contributed by atoms with Gasteiger partial charge in [-0.1, -0.05) is 42.8 Å². The van der Waals surface area contributed by atoms with Crippen LogP contribution >= 0.6 is 11.6 Å². The maximum atomic E-state index is 6.29. The number of nitrogens with one attached hydrogen (secondary N) is 1. The van der Waals surface area contributed by atoms with Gasteiger partial charge in [-0.15, -0.1) is 0 Å². The van der Waals surface area contributed by atoms with E-state index in [4.69, 9.17) is 16.3 Å². The van der Waals surface area contributed by atoms with Crippen LogP contribution in [-0.4, -0.2) is 13.2 Å². The molecule has 0 amide bonds. The number of halogens is 1. The molecule has 0 aliphatic carbocycles. The third-order valence-electron chi connectivity index (χ3n) is 3.98. The van der Waals surface area contributed by atoms with E-state index in [0.29, 0.717) is 0 Å². The van der Waals surface area contributed by atoms with Crippen LogP contribution in [0.15, 0.2) is 36.4 Å². The lowest BCUT2D eigenvalue weighted by molar-refractivity contribution is 0.357. The average molecular weight is 302 g/mol. The molecular formula is C18H20ClNO. The molecule has 0 spiro atoms. The molecule has 110 valence electrons. The van der Waals surface area contributed by atoms with Gasteiger partial charge >= 0.3 is 0 Å². The monoisotopic (exact) mass is 301 g/mol. The Hall–Kier alpha value is -1.51. The van der Waals surface area contributed by atoms with Gasteiger partial charge < -0.3 is 10.1 Å². The maximum Gasteiger partial charge on any atom is 0.122 e. The normalized spacial score (nSPS) is 14.6. The number of rotatable bonds is 4. The van der Waals surface area contributed by atoms with E-state index in [-0.39, 0.29) is 6.04 Å². The van der Waals surface area contributed by atoms with Crippen molar-refractivity contribution in [1.82, 2.24) is 5.32 Å². The largest absolute Gasteiger partial charge is 0.493 e. The topological polar surface area (TPSA) is 21.3 Å². The first kappa shape index (κ1) is 14.4. The maximum absolute atomic E-state index is 6.29. The summed E-state index contributed by atoms with van der Waals surface area (Å²) in [5.41, 5.74) is 4.87. The summed E-state index contributed by atoms with van der Waals surface area (Å²) >= 11 is 6.29. The molecule has 0 saturated heterocycles. The van der Waals surface area contributed by atoms with E-state index < -0.39 is 0 Å². The minimum absolute atomic E-state index is 0.166. The van der Waals surface area contributed by atoms with Gasteiger partial charge in [0.2, 0.25) is 0 Å². The van der Waals surface area contributed by atoms with Gasteiger partial charge in [-0.3, -0.25) is 0 Å². The molecule has 0 fully saturated rings. The van der Waals surface area contributed by atoms with E-state index in [9.17, 15) is 0 Å². The molecule has 1 heterocycles. The summed E-state index contributed by atoms with van der Waals surface area (Å²) in [5.74, 6) is 1.02. The highest BCUT2D eigenvalue weighted by Gasteiger charge is 2.18. The SMILES string of the molecule is CCNC(c1ccc(C)c(Cl)c1)c1ccc2c(c1)CCO2. The zero-order valence-corrected chi connectivity index (χ0v) is 13.2. The van der Waals surface area contributed by atoms with Crippen molar-refractivity contribution in [2.45, 2.75) is 26.3 Å². The van der Waals surface area contributed by atoms with Crippen molar-refractivity contribution in [3.63, 3.8) is 0 Å². The van der Waals surface area contributed by atoms with E-state index in [1.165, 1.54) is 16.7 Å². The van der Waals surface area contributed by atoms with Crippen molar-refractivity contribution >= 4 is 11.6 Å². The predicted molar refractivity (Wildman–Crippen MR) is 87.3 cm³/mol. The van der Waals surface area contributed by atoms with E-state index in [1.54, 1.807) is 0 Å². The molecule has 1 aliphatic heterocycles. The lowest BCUT2D eigenvalue weighted by atomic mass is 9.95. The van der Waals surface area contributed by atoms with Crippen LogP contribution in [0.4, 0.5) is 0 Å². The summed E-state index contributed by atoms with van der Waals surface area (Å²) in [4.78, 5) is 0. The molecule has 0 radical (unpaired) electrons. The molecule has 3 heteroatoms. The van der Waals surface area contributed by atoms with Gasteiger partial charge in [0.05, 0.1) is 12.6 Å². The molecule has 2 aromatic carbocycles. The molecule has 0 bridgehead atoms. The summed E-state index contributed by atoms with van der Waals surface area (Å²) in [6, 6.07) is 12.9. The van der Waals surface area contributed by atoms with Gasteiger partial charge in [0.25, 0.3) is 0 Å². The standard InChI is InChI=1S/C18H20ClNO/c1-3-20-18(15-5-4-12(2)16(19)11-15)14-6-7-17-13(10-14)8-9-21-17/h4-7,10-11,18,20H,3,8-9H2,1-2H3. The van der Waals surface area contributed by atoms with Crippen molar-refractivity contribution in [2.24, 2.45) is 0 Å². The highest BCUT2D eigenvalue weighted by molar-refractivity contribution is 6.31. The lowest BCUT2D eigenvalue weighted by Crippen LogP contribution is -2.22. The van der Waals surface area contributed by atoms with Gasteiger partial charge in [-0.05, 0) is 47.9 Å². The van der Waals surface area contributed by atoms with Crippen molar-refractivity contribution in [2.75, 3.05) is 13.2 Å². The highest BCUT2D eigenvalue weighted by Crippen LogP contribution is 2.31. The first-order valence-electron chi connectivity index (χ1n) is 7.44. The smallest absolute Gasteiger partial charge is 0.122 e. The van der Waals surface area contributed by atoms with Crippen molar-refractivity contribution < 1.29 is 4.74 Å². The fourth-order valence-electron chi connectivity index (χ4n) is 2.81. The van der Waals surface area contributed by atoms with Gasteiger partial charge in [0, 0.05) is 11.4 Å². The number of benzene rings is 2. The van der Waals surface area contributed by atoms with Crippen molar-refractivity contribution in [3.8, 4) is 5.75 Å². The Morgan fingerprint density at radius 1 is 1.19 bits per heavy atom. The first-order chi connectivity index (χ1) is 10.2. The summed E-state index contributed by atoms with van der Waals surface area (Å²) in [7, 11) is 0. The van der Waals surface area contributed by atoms with E-state index in [0.717, 1.165) is 35.9 Å². The fraction of sp³-hybridized carbons (Fsp3) is 0.333. The lowest BCUT2D eigenvalue weighted by Gasteiger charge is -2.20. The predicted octanol–water partition coefficient (Wildman–Crippen LogP) is 4.28. The van der Waals surface area contributed by atoms with Crippen LogP contribution in [0.5, 0.6) is 5.75 Å². The second-order valence-electron chi connectivity index (χ2n) is 5.46. The molecular weight excluding hydrogens is 282 g/mol. The Morgan fingerprint density at radius 2 is 1.95 bits per heavy atom. The summed E-state index contributed by atoms with van der Waals surface area (Å²) < 4.78 is 5.59. The molecule has 2 nitrogen and oxygen atoms in total. The fourth-order valence-corrected chi connectivity index (χ4v) is 3.00. The second-order valence-corrected chi connectivity index (χ2v) is 5.87. The Labute approximate surface area is 131 Å². The number of fused-ring (bicyclic) bond motifs is 1. The van der Waals surface area contributed by atoms with Crippen LogP contribution in [0.1, 0.15) is 35.2 Å². The molecule has 1 unspecified atom stereocenters. The van der Waals surface area contributed by atoms with Crippen molar-refractivity contribution in [3.05, 3.63) is 63.7 Å². The highest BCUT2D eigenvalue weighted by atomic mass is 35.5. The Morgan fingerprint density at radius 3 is 2.71 bits per heavy atom. The number of hydrogen-bond donors (Lipinski definition) is 1. The molecule has 0 aromatic heterocycles. The van der Waals surface area contributed by atoms with E-state index in [1.807, 2.05) is 6.92 Å². The van der Waals surface area contributed by atoms with Gasteiger partial charge in [-0.25, -0.2) is 0 Å². The third-order valence-corrected chi connectivity index (χ3v) is 4.39.